The van der Waals surface area contributed by atoms with E-state index in [1.54, 1.807) is 18.3 Å². The number of aromatic nitrogens is 2. The molecule has 0 saturated heterocycles. The van der Waals surface area contributed by atoms with E-state index >= 15 is 0 Å². The molecular weight excluding hydrogens is 258 g/mol. The molecule has 4 nitrogen and oxygen atoms in total. The van der Waals surface area contributed by atoms with E-state index < -0.39 is 5.91 Å². The summed E-state index contributed by atoms with van der Waals surface area (Å²) >= 11 is 1.53. The molecule has 0 aliphatic carbocycles. The van der Waals surface area contributed by atoms with E-state index in [9.17, 15) is 4.79 Å². The molecule has 1 aromatic carbocycles. The first kappa shape index (κ1) is 11.7. The van der Waals surface area contributed by atoms with Crippen LogP contribution in [-0.2, 0) is 0 Å². The largest absolute Gasteiger partial charge is 0.366 e. The maximum absolute atomic E-state index is 11.3. The minimum absolute atomic E-state index is 0.433. The quantitative estimate of drug-likeness (QED) is 0.794. The summed E-state index contributed by atoms with van der Waals surface area (Å²) in [5.74, 6) is -0.433. The average Bonchev–Trinajstić information content (AvgIpc) is 3.11. The molecule has 0 aliphatic rings. The molecule has 0 unspecified atom stereocenters. The summed E-state index contributed by atoms with van der Waals surface area (Å²) in [5.41, 5.74) is 7.71. The Morgan fingerprint density at radius 1 is 1.26 bits per heavy atom. The van der Waals surface area contributed by atoms with Gasteiger partial charge in [0, 0.05) is 35.1 Å². The predicted octanol–water partition coefficient (Wildman–Crippen LogP) is 2.70. The maximum Gasteiger partial charge on any atom is 0.248 e. The summed E-state index contributed by atoms with van der Waals surface area (Å²) in [6.07, 6.45) is 5.66. The van der Waals surface area contributed by atoms with Crippen LogP contribution in [0.5, 0.6) is 0 Å². The van der Waals surface area contributed by atoms with Gasteiger partial charge in [-0.15, -0.1) is 11.3 Å². The Labute approximate surface area is 114 Å². The van der Waals surface area contributed by atoms with Gasteiger partial charge in [-0.25, -0.2) is 4.98 Å². The van der Waals surface area contributed by atoms with Crippen LogP contribution in [0.2, 0.25) is 0 Å². The maximum atomic E-state index is 11.3. The molecule has 0 bridgehead atoms. The number of nitrogens with zero attached hydrogens (tertiary/aromatic N) is 2. The molecule has 3 rings (SSSR count). The third-order valence-electron chi connectivity index (χ3n) is 2.83. The lowest BCUT2D eigenvalue weighted by atomic mass is 10.1. The highest BCUT2D eigenvalue weighted by molar-refractivity contribution is 7.13. The standard InChI is InChI=1S/C14H11N3OS/c15-13(18)10-3-4-12(17-6-1-2-7-17)11(9-10)14-16-5-8-19-14/h1-9H,(H2,15,18). The molecule has 19 heavy (non-hydrogen) atoms. The Balaban J connectivity index is 2.22. The number of primary amides is 1. The first-order chi connectivity index (χ1) is 9.25. The van der Waals surface area contributed by atoms with E-state index in [1.807, 2.05) is 40.5 Å². The molecule has 3 aromatic rings. The number of carbonyl (C=O) groups excluding carboxylic acids is 1. The Hall–Kier alpha value is -2.40. The molecule has 0 atom stereocenters. The van der Waals surface area contributed by atoms with E-state index in [1.165, 1.54) is 11.3 Å². The van der Waals surface area contributed by atoms with Gasteiger partial charge in [0.25, 0.3) is 0 Å². The van der Waals surface area contributed by atoms with Gasteiger partial charge in [0.1, 0.15) is 5.01 Å². The SMILES string of the molecule is NC(=O)c1ccc(-n2cccc2)c(-c2nccs2)c1. The minimum atomic E-state index is -0.433. The van der Waals surface area contributed by atoms with E-state index in [2.05, 4.69) is 4.98 Å². The first-order valence-corrected chi connectivity index (χ1v) is 6.61. The molecule has 1 amide bonds. The van der Waals surface area contributed by atoms with Crippen LogP contribution in [0.3, 0.4) is 0 Å². The van der Waals surface area contributed by atoms with Crippen molar-refractivity contribution in [1.29, 1.82) is 0 Å². The molecule has 2 N–H and O–H groups in total. The van der Waals surface area contributed by atoms with Crippen molar-refractivity contribution in [2.75, 3.05) is 0 Å². The van der Waals surface area contributed by atoms with Crippen LogP contribution >= 0.6 is 11.3 Å². The van der Waals surface area contributed by atoms with E-state index in [0.717, 1.165) is 16.3 Å². The zero-order valence-corrected chi connectivity index (χ0v) is 10.8. The molecule has 94 valence electrons. The molecule has 0 fully saturated rings. The molecule has 0 radical (unpaired) electrons. The van der Waals surface area contributed by atoms with Crippen molar-refractivity contribution in [1.82, 2.24) is 9.55 Å². The zero-order valence-electron chi connectivity index (χ0n) is 9.98. The van der Waals surface area contributed by atoms with Crippen LogP contribution in [0.15, 0.2) is 54.3 Å². The average molecular weight is 269 g/mol. The van der Waals surface area contributed by atoms with Crippen molar-refractivity contribution in [3.8, 4) is 16.3 Å². The van der Waals surface area contributed by atoms with Gasteiger partial charge in [-0.05, 0) is 30.3 Å². The van der Waals surface area contributed by atoms with E-state index in [4.69, 9.17) is 5.73 Å². The Bertz CT molecular complexity index is 702. The van der Waals surface area contributed by atoms with Gasteiger partial charge in [0.05, 0.1) is 5.69 Å². The molecule has 2 aromatic heterocycles. The Morgan fingerprint density at radius 2 is 2.05 bits per heavy atom. The van der Waals surface area contributed by atoms with Crippen molar-refractivity contribution >= 4 is 17.2 Å². The van der Waals surface area contributed by atoms with Crippen LogP contribution in [0.1, 0.15) is 10.4 Å². The summed E-state index contributed by atoms with van der Waals surface area (Å²) in [7, 11) is 0. The lowest BCUT2D eigenvalue weighted by Crippen LogP contribution is -2.11. The van der Waals surface area contributed by atoms with Gasteiger partial charge in [-0.1, -0.05) is 0 Å². The Kier molecular flexibility index (Phi) is 2.89. The highest BCUT2D eigenvalue weighted by atomic mass is 32.1. The van der Waals surface area contributed by atoms with Crippen molar-refractivity contribution in [2.45, 2.75) is 0 Å². The minimum Gasteiger partial charge on any atom is -0.366 e. The van der Waals surface area contributed by atoms with Gasteiger partial charge in [0.2, 0.25) is 5.91 Å². The highest BCUT2D eigenvalue weighted by Crippen LogP contribution is 2.29. The van der Waals surface area contributed by atoms with Gasteiger partial charge in [0.15, 0.2) is 0 Å². The molecule has 0 spiro atoms. The molecule has 0 saturated carbocycles. The number of hydrogen-bond donors (Lipinski definition) is 1. The highest BCUT2D eigenvalue weighted by Gasteiger charge is 2.12. The number of carbonyl (C=O) groups is 1. The summed E-state index contributed by atoms with van der Waals surface area (Å²) in [6.45, 7) is 0. The van der Waals surface area contributed by atoms with E-state index in [-0.39, 0.29) is 0 Å². The van der Waals surface area contributed by atoms with E-state index in [0.29, 0.717) is 5.56 Å². The fourth-order valence-corrected chi connectivity index (χ4v) is 2.60. The van der Waals surface area contributed by atoms with Crippen LogP contribution < -0.4 is 5.73 Å². The number of nitrogens with two attached hydrogens (primary N) is 1. The van der Waals surface area contributed by atoms with Crippen molar-refractivity contribution in [3.05, 3.63) is 59.9 Å². The fourth-order valence-electron chi connectivity index (χ4n) is 1.94. The number of amides is 1. The van der Waals surface area contributed by atoms with Crippen molar-refractivity contribution < 1.29 is 4.79 Å². The number of rotatable bonds is 3. The normalized spacial score (nSPS) is 10.5. The molecule has 2 heterocycles. The number of thiazole rings is 1. The number of hydrogen-bond acceptors (Lipinski definition) is 3. The lowest BCUT2D eigenvalue weighted by molar-refractivity contribution is 0.100. The zero-order chi connectivity index (χ0) is 13.2. The van der Waals surface area contributed by atoms with Gasteiger partial charge >= 0.3 is 0 Å². The van der Waals surface area contributed by atoms with Gasteiger partial charge in [-0.3, -0.25) is 4.79 Å². The second-order valence-electron chi connectivity index (χ2n) is 4.02. The monoisotopic (exact) mass is 269 g/mol. The first-order valence-electron chi connectivity index (χ1n) is 5.73. The molecular formula is C14H11N3OS. The summed E-state index contributed by atoms with van der Waals surface area (Å²) in [6, 6.07) is 9.31. The fraction of sp³-hybridized carbons (Fsp3) is 0. The smallest absolute Gasteiger partial charge is 0.248 e. The van der Waals surface area contributed by atoms with Crippen LogP contribution in [-0.4, -0.2) is 15.5 Å². The third-order valence-corrected chi connectivity index (χ3v) is 3.63. The van der Waals surface area contributed by atoms with Crippen LogP contribution in [0.25, 0.3) is 16.3 Å². The summed E-state index contributed by atoms with van der Waals surface area (Å²) < 4.78 is 1.99. The lowest BCUT2D eigenvalue weighted by Gasteiger charge is -2.10. The summed E-state index contributed by atoms with van der Waals surface area (Å²) in [5, 5.41) is 2.78. The van der Waals surface area contributed by atoms with Crippen molar-refractivity contribution in [2.24, 2.45) is 5.73 Å². The van der Waals surface area contributed by atoms with Gasteiger partial charge < -0.3 is 10.3 Å². The van der Waals surface area contributed by atoms with Gasteiger partial charge in [-0.2, -0.15) is 0 Å². The second kappa shape index (κ2) is 4.70. The number of benzene rings is 1. The Morgan fingerprint density at radius 3 is 2.68 bits per heavy atom. The topological polar surface area (TPSA) is 60.9 Å². The second-order valence-corrected chi connectivity index (χ2v) is 4.92. The van der Waals surface area contributed by atoms with Crippen LogP contribution in [0, 0.1) is 0 Å². The summed E-state index contributed by atoms with van der Waals surface area (Å²) in [4.78, 5) is 15.6. The molecule has 0 aliphatic heterocycles. The third kappa shape index (κ3) is 2.15. The van der Waals surface area contributed by atoms with Crippen molar-refractivity contribution in [3.63, 3.8) is 0 Å². The molecule has 5 heteroatoms. The predicted molar refractivity (Wildman–Crippen MR) is 75.4 cm³/mol. The van der Waals surface area contributed by atoms with Crippen LogP contribution in [0.4, 0.5) is 0 Å².